The third kappa shape index (κ3) is 2.68. The van der Waals surface area contributed by atoms with Crippen LogP contribution in [0.25, 0.3) is 0 Å². The Morgan fingerprint density at radius 3 is 2.36 bits per heavy atom. The van der Waals surface area contributed by atoms with Gasteiger partial charge in [-0.3, -0.25) is 0 Å². The van der Waals surface area contributed by atoms with Gasteiger partial charge in [0.05, 0.1) is 0 Å². The maximum Gasteiger partial charge on any atom is 0.0406 e. The van der Waals surface area contributed by atoms with Crippen LogP contribution in [0.2, 0.25) is 5.02 Å². The Kier molecular flexibility index (Phi) is 3.71. The lowest BCUT2D eigenvalue weighted by molar-refractivity contribution is 0.232. The van der Waals surface area contributed by atoms with Gasteiger partial charge in [-0.1, -0.05) is 60.5 Å². The lowest BCUT2D eigenvalue weighted by atomic mass is 9.64. The van der Waals surface area contributed by atoms with Gasteiger partial charge in [-0.25, -0.2) is 0 Å². The molecule has 2 atom stereocenters. The van der Waals surface area contributed by atoms with E-state index < -0.39 is 0 Å². The predicted octanol–water partition coefficient (Wildman–Crippen LogP) is 4.91. The van der Waals surface area contributed by atoms with Crippen molar-refractivity contribution in [2.45, 2.75) is 43.1 Å². The van der Waals surface area contributed by atoms with Crippen LogP contribution < -0.4 is 5.32 Å². The molecule has 0 radical (unpaired) electrons. The first kappa shape index (κ1) is 14.3. The van der Waals surface area contributed by atoms with Crippen molar-refractivity contribution in [3.8, 4) is 0 Å². The van der Waals surface area contributed by atoms with Crippen LogP contribution in [-0.4, -0.2) is 12.6 Å². The molecule has 2 heteroatoms. The Bertz CT molecular complexity index is 631. The first-order chi connectivity index (χ1) is 10.8. The highest BCUT2D eigenvalue weighted by molar-refractivity contribution is 6.30. The molecular formula is C20H22ClN. The SMILES string of the molecule is Clc1ccc(C2(CN[C@H]3C[C@@H]3c3ccccc3)CCC2)cc1. The van der Waals surface area contributed by atoms with Gasteiger partial charge in [-0.05, 0) is 42.5 Å². The minimum Gasteiger partial charge on any atom is -0.312 e. The van der Waals surface area contributed by atoms with Crippen LogP contribution in [0.3, 0.4) is 0 Å². The zero-order chi connectivity index (χ0) is 15.0. The van der Waals surface area contributed by atoms with Crippen molar-refractivity contribution < 1.29 is 0 Å². The van der Waals surface area contributed by atoms with Crippen LogP contribution in [-0.2, 0) is 5.41 Å². The van der Waals surface area contributed by atoms with Crippen LogP contribution in [0.1, 0.15) is 42.7 Å². The summed E-state index contributed by atoms with van der Waals surface area (Å²) >= 11 is 6.03. The molecule has 0 bridgehead atoms. The number of halogens is 1. The smallest absolute Gasteiger partial charge is 0.0406 e. The number of hydrogen-bond acceptors (Lipinski definition) is 1. The highest BCUT2D eigenvalue weighted by Crippen LogP contribution is 2.46. The molecule has 1 N–H and O–H groups in total. The predicted molar refractivity (Wildman–Crippen MR) is 92.6 cm³/mol. The molecule has 4 rings (SSSR count). The van der Waals surface area contributed by atoms with Gasteiger partial charge in [0.15, 0.2) is 0 Å². The number of rotatable bonds is 5. The molecule has 1 nitrogen and oxygen atoms in total. The summed E-state index contributed by atoms with van der Waals surface area (Å²) in [5, 5.41) is 4.66. The van der Waals surface area contributed by atoms with Gasteiger partial charge in [-0.15, -0.1) is 0 Å². The van der Waals surface area contributed by atoms with Gasteiger partial charge in [-0.2, -0.15) is 0 Å². The molecule has 2 aromatic rings. The van der Waals surface area contributed by atoms with Crippen LogP contribution >= 0.6 is 11.6 Å². The van der Waals surface area contributed by atoms with Gasteiger partial charge in [0.25, 0.3) is 0 Å². The zero-order valence-corrected chi connectivity index (χ0v) is 13.5. The Hall–Kier alpha value is -1.31. The van der Waals surface area contributed by atoms with Crippen molar-refractivity contribution in [1.82, 2.24) is 5.32 Å². The molecule has 0 spiro atoms. The lowest BCUT2D eigenvalue weighted by Gasteiger charge is -2.43. The second-order valence-electron chi connectivity index (χ2n) is 6.88. The molecule has 2 saturated carbocycles. The van der Waals surface area contributed by atoms with E-state index in [1.807, 2.05) is 12.1 Å². The van der Waals surface area contributed by atoms with Gasteiger partial charge in [0, 0.05) is 28.9 Å². The summed E-state index contributed by atoms with van der Waals surface area (Å²) < 4.78 is 0. The van der Waals surface area contributed by atoms with Crippen LogP contribution in [0, 0.1) is 0 Å². The molecule has 0 aliphatic heterocycles. The molecule has 0 saturated heterocycles. The van der Waals surface area contributed by atoms with Crippen molar-refractivity contribution in [1.29, 1.82) is 0 Å². The number of nitrogens with one attached hydrogen (secondary N) is 1. The van der Waals surface area contributed by atoms with Gasteiger partial charge < -0.3 is 5.32 Å². The van der Waals surface area contributed by atoms with E-state index in [0.29, 0.717) is 17.4 Å². The molecule has 0 aromatic heterocycles. The van der Waals surface area contributed by atoms with Gasteiger partial charge >= 0.3 is 0 Å². The summed E-state index contributed by atoms with van der Waals surface area (Å²) in [6, 6.07) is 20.0. The van der Waals surface area contributed by atoms with Gasteiger partial charge in [0.1, 0.15) is 0 Å². The minimum absolute atomic E-state index is 0.342. The molecular weight excluding hydrogens is 290 g/mol. The molecule has 114 valence electrons. The fraction of sp³-hybridized carbons (Fsp3) is 0.400. The third-order valence-electron chi connectivity index (χ3n) is 5.49. The van der Waals surface area contributed by atoms with Crippen molar-refractivity contribution in [2.24, 2.45) is 0 Å². The normalized spacial score (nSPS) is 25.5. The summed E-state index contributed by atoms with van der Waals surface area (Å²) in [4.78, 5) is 0. The van der Waals surface area contributed by atoms with Crippen molar-refractivity contribution in [3.05, 3.63) is 70.7 Å². The molecule has 22 heavy (non-hydrogen) atoms. The van der Waals surface area contributed by atoms with E-state index in [2.05, 4.69) is 47.8 Å². The van der Waals surface area contributed by atoms with Crippen molar-refractivity contribution >= 4 is 11.6 Å². The maximum atomic E-state index is 6.03. The van der Waals surface area contributed by atoms with E-state index in [1.165, 1.54) is 36.8 Å². The Morgan fingerprint density at radius 1 is 1.00 bits per heavy atom. The average molecular weight is 312 g/mol. The van der Waals surface area contributed by atoms with Crippen molar-refractivity contribution in [2.75, 3.05) is 6.54 Å². The highest BCUT2D eigenvalue weighted by Gasteiger charge is 2.43. The standard InChI is InChI=1S/C20H22ClN/c21-17-9-7-16(8-10-17)20(11-4-12-20)14-22-19-13-18(19)15-5-2-1-3-6-15/h1-3,5-10,18-19,22H,4,11-14H2/t18-,19+/m1/s1. The largest absolute Gasteiger partial charge is 0.312 e. The minimum atomic E-state index is 0.342. The monoisotopic (exact) mass is 311 g/mol. The zero-order valence-electron chi connectivity index (χ0n) is 12.8. The average Bonchev–Trinajstić information content (AvgIpc) is 3.28. The summed E-state index contributed by atoms with van der Waals surface area (Å²) in [7, 11) is 0. The second-order valence-corrected chi connectivity index (χ2v) is 7.32. The Labute approximate surface area is 137 Å². The fourth-order valence-corrected chi connectivity index (χ4v) is 3.92. The first-order valence-corrected chi connectivity index (χ1v) is 8.69. The van der Waals surface area contributed by atoms with E-state index in [1.54, 1.807) is 0 Å². The number of benzene rings is 2. The van der Waals surface area contributed by atoms with Crippen LogP contribution in [0.5, 0.6) is 0 Å². The molecule has 2 fully saturated rings. The quantitative estimate of drug-likeness (QED) is 0.827. The fourth-order valence-electron chi connectivity index (χ4n) is 3.79. The molecule has 2 aliphatic carbocycles. The molecule has 0 unspecified atom stereocenters. The lowest BCUT2D eigenvalue weighted by Crippen LogP contribution is -2.44. The molecule has 0 amide bonds. The van der Waals surface area contributed by atoms with Gasteiger partial charge in [0.2, 0.25) is 0 Å². The maximum absolute atomic E-state index is 6.03. The van der Waals surface area contributed by atoms with E-state index in [0.717, 1.165) is 11.6 Å². The van der Waals surface area contributed by atoms with Crippen molar-refractivity contribution in [3.63, 3.8) is 0 Å². The van der Waals surface area contributed by atoms with E-state index in [-0.39, 0.29) is 0 Å². The summed E-state index contributed by atoms with van der Waals surface area (Å²) in [6.45, 7) is 1.10. The summed E-state index contributed by atoms with van der Waals surface area (Å²) in [5.74, 6) is 0.712. The van der Waals surface area contributed by atoms with Crippen LogP contribution in [0.15, 0.2) is 54.6 Å². The molecule has 2 aliphatic rings. The summed E-state index contributed by atoms with van der Waals surface area (Å²) in [6.07, 6.45) is 5.21. The van der Waals surface area contributed by atoms with Crippen LogP contribution in [0.4, 0.5) is 0 Å². The summed E-state index contributed by atoms with van der Waals surface area (Å²) in [5.41, 5.74) is 3.27. The Balaban J connectivity index is 1.40. The third-order valence-corrected chi connectivity index (χ3v) is 5.74. The first-order valence-electron chi connectivity index (χ1n) is 8.31. The van der Waals surface area contributed by atoms with E-state index in [9.17, 15) is 0 Å². The second kappa shape index (κ2) is 5.72. The van der Waals surface area contributed by atoms with E-state index in [4.69, 9.17) is 11.6 Å². The molecule has 0 heterocycles. The topological polar surface area (TPSA) is 12.0 Å². The number of hydrogen-bond donors (Lipinski definition) is 1. The van der Waals surface area contributed by atoms with E-state index >= 15 is 0 Å². The Morgan fingerprint density at radius 2 is 1.73 bits per heavy atom. The highest BCUT2D eigenvalue weighted by atomic mass is 35.5. The molecule has 2 aromatic carbocycles.